The maximum atomic E-state index is 12.8. The summed E-state index contributed by atoms with van der Waals surface area (Å²) in [6.07, 6.45) is 8.65. The van der Waals surface area contributed by atoms with Gasteiger partial charge in [0.2, 0.25) is 5.91 Å². The molecule has 3 fully saturated rings. The number of fused-ring (bicyclic) bond motifs is 1. The number of hydrogen-bond acceptors (Lipinski definition) is 6. The van der Waals surface area contributed by atoms with E-state index in [4.69, 9.17) is 0 Å². The molecule has 1 aromatic heterocycles. The molecular weight excluding hydrogens is 332 g/mol. The Morgan fingerprint density at radius 2 is 1.96 bits per heavy atom. The van der Waals surface area contributed by atoms with Crippen LogP contribution in [0.15, 0.2) is 6.33 Å². The normalized spacial score (nSPS) is 30.5. The average molecular weight is 362 g/mol. The number of rotatable bonds is 5. The van der Waals surface area contributed by atoms with Crippen LogP contribution in [0.2, 0.25) is 0 Å². The Kier molecular flexibility index (Phi) is 5.22. The molecule has 1 aromatic rings. The van der Waals surface area contributed by atoms with E-state index in [1.54, 1.807) is 11.0 Å². The quantitative estimate of drug-likeness (QED) is 0.823. The summed E-state index contributed by atoms with van der Waals surface area (Å²) in [6.45, 7) is 5.03. The van der Waals surface area contributed by atoms with Gasteiger partial charge in [0, 0.05) is 44.6 Å². The third-order valence-corrected chi connectivity index (χ3v) is 6.62. The summed E-state index contributed by atoms with van der Waals surface area (Å²) in [7, 11) is 0. The maximum Gasteiger partial charge on any atom is 0.225 e. The SMILES string of the molecule is O=C(C1CCCC1)N1CC[C@]2(O)CCN(CCCn3cnnn3)C[C@@H]2C1. The summed E-state index contributed by atoms with van der Waals surface area (Å²) in [5.74, 6) is 0.737. The molecule has 144 valence electrons. The van der Waals surface area contributed by atoms with Crippen molar-refractivity contribution in [1.29, 1.82) is 0 Å². The molecule has 0 radical (unpaired) electrons. The summed E-state index contributed by atoms with van der Waals surface area (Å²) in [5, 5.41) is 22.3. The number of likely N-dealkylation sites (tertiary alicyclic amines) is 2. The Morgan fingerprint density at radius 1 is 1.15 bits per heavy atom. The van der Waals surface area contributed by atoms with E-state index in [-0.39, 0.29) is 11.8 Å². The molecule has 1 N–H and O–H groups in total. The van der Waals surface area contributed by atoms with Crippen LogP contribution in [0.3, 0.4) is 0 Å². The predicted octanol–water partition coefficient (Wildman–Crippen LogP) is 0.539. The highest BCUT2D eigenvalue weighted by Crippen LogP contribution is 2.37. The Bertz CT molecular complexity index is 603. The van der Waals surface area contributed by atoms with Crippen LogP contribution in [-0.2, 0) is 11.3 Å². The minimum atomic E-state index is -0.585. The molecule has 1 amide bonds. The molecule has 0 spiro atoms. The Hall–Kier alpha value is -1.54. The molecule has 2 atom stereocenters. The standard InChI is InChI=1S/C18H30N6O2/c25-17(15-4-1-2-5-15)23-11-7-18(26)6-10-22(12-16(18)13-23)8-3-9-24-14-19-20-21-24/h14-16,26H,1-13H2/t16-,18-/m1/s1. The number of carbonyl (C=O) groups is 1. The first kappa shape index (κ1) is 17.9. The zero-order valence-electron chi connectivity index (χ0n) is 15.5. The third kappa shape index (κ3) is 3.76. The predicted molar refractivity (Wildman–Crippen MR) is 95.1 cm³/mol. The molecular formula is C18H30N6O2. The highest BCUT2D eigenvalue weighted by Gasteiger charge is 2.46. The average Bonchev–Trinajstić information content (AvgIpc) is 3.35. The highest BCUT2D eigenvalue weighted by molar-refractivity contribution is 5.79. The number of aliphatic hydroxyl groups is 1. The van der Waals surface area contributed by atoms with Gasteiger partial charge in [0.1, 0.15) is 6.33 Å². The van der Waals surface area contributed by atoms with Crippen LogP contribution < -0.4 is 0 Å². The van der Waals surface area contributed by atoms with Crippen molar-refractivity contribution in [3.8, 4) is 0 Å². The second kappa shape index (κ2) is 7.60. The summed E-state index contributed by atoms with van der Waals surface area (Å²) in [5.41, 5.74) is -0.585. The van der Waals surface area contributed by atoms with E-state index >= 15 is 0 Å². The molecule has 0 bridgehead atoms. The number of tetrazole rings is 1. The zero-order chi connectivity index (χ0) is 18.0. The van der Waals surface area contributed by atoms with E-state index in [9.17, 15) is 9.90 Å². The molecule has 8 nitrogen and oxygen atoms in total. The van der Waals surface area contributed by atoms with E-state index in [1.165, 1.54) is 12.8 Å². The fraction of sp³-hybridized carbons (Fsp3) is 0.889. The number of aromatic nitrogens is 4. The fourth-order valence-corrected chi connectivity index (χ4v) is 4.94. The summed E-state index contributed by atoms with van der Waals surface area (Å²) in [4.78, 5) is 17.2. The minimum absolute atomic E-state index is 0.170. The van der Waals surface area contributed by atoms with Crippen LogP contribution in [0.4, 0.5) is 0 Å². The van der Waals surface area contributed by atoms with E-state index in [0.717, 1.165) is 71.4 Å². The second-order valence-corrected chi connectivity index (χ2v) is 8.29. The number of carbonyl (C=O) groups excluding carboxylic acids is 1. The van der Waals surface area contributed by atoms with E-state index in [0.29, 0.717) is 5.91 Å². The van der Waals surface area contributed by atoms with Crippen molar-refractivity contribution in [2.75, 3.05) is 32.7 Å². The first-order valence-electron chi connectivity index (χ1n) is 10.1. The van der Waals surface area contributed by atoms with Gasteiger partial charge in [0.05, 0.1) is 5.60 Å². The van der Waals surface area contributed by atoms with Crippen LogP contribution in [0.1, 0.15) is 44.9 Å². The Labute approximate surface area is 154 Å². The van der Waals surface area contributed by atoms with Gasteiger partial charge >= 0.3 is 0 Å². The maximum absolute atomic E-state index is 12.8. The van der Waals surface area contributed by atoms with Crippen molar-refractivity contribution in [2.24, 2.45) is 11.8 Å². The monoisotopic (exact) mass is 362 g/mol. The lowest BCUT2D eigenvalue weighted by Gasteiger charge is -2.50. The first-order valence-corrected chi connectivity index (χ1v) is 10.1. The first-order chi connectivity index (χ1) is 12.6. The second-order valence-electron chi connectivity index (χ2n) is 8.29. The van der Waals surface area contributed by atoms with Gasteiger partial charge in [0.15, 0.2) is 0 Å². The molecule has 3 heterocycles. The van der Waals surface area contributed by atoms with Gasteiger partial charge in [-0.05, 0) is 49.1 Å². The lowest BCUT2D eigenvalue weighted by atomic mass is 9.75. The smallest absolute Gasteiger partial charge is 0.225 e. The van der Waals surface area contributed by atoms with Gasteiger partial charge < -0.3 is 14.9 Å². The zero-order valence-corrected chi connectivity index (χ0v) is 15.5. The Balaban J connectivity index is 1.30. The van der Waals surface area contributed by atoms with E-state index in [1.807, 2.05) is 4.90 Å². The number of piperidine rings is 2. The highest BCUT2D eigenvalue weighted by atomic mass is 16.3. The molecule has 2 saturated heterocycles. The number of hydrogen-bond donors (Lipinski definition) is 1. The summed E-state index contributed by atoms with van der Waals surface area (Å²) >= 11 is 0. The number of nitrogens with zero attached hydrogens (tertiary/aromatic N) is 6. The van der Waals surface area contributed by atoms with Crippen molar-refractivity contribution >= 4 is 5.91 Å². The molecule has 0 unspecified atom stereocenters. The van der Waals surface area contributed by atoms with Gasteiger partial charge in [-0.25, -0.2) is 4.68 Å². The van der Waals surface area contributed by atoms with Gasteiger partial charge in [-0.3, -0.25) is 4.79 Å². The van der Waals surface area contributed by atoms with Crippen LogP contribution in [0, 0.1) is 11.8 Å². The largest absolute Gasteiger partial charge is 0.389 e. The number of aryl methyl sites for hydroxylation is 1. The van der Waals surface area contributed by atoms with Gasteiger partial charge in [0.25, 0.3) is 0 Å². The fourth-order valence-electron chi connectivity index (χ4n) is 4.94. The van der Waals surface area contributed by atoms with Crippen molar-refractivity contribution < 1.29 is 9.90 Å². The van der Waals surface area contributed by atoms with Crippen molar-refractivity contribution in [1.82, 2.24) is 30.0 Å². The van der Waals surface area contributed by atoms with Crippen molar-refractivity contribution in [3.05, 3.63) is 6.33 Å². The number of amides is 1. The van der Waals surface area contributed by atoms with Crippen LogP contribution in [0.5, 0.6) is 0 Å². The Morgan fingerprint density at radius 3 is 2.73 bits per heavy atom. The molecule has 26 heavy (non-hydrogen) atoms. The topological polar surface area (TPSA) is 87.4 Å². The van der Waals surface area contributed by atoms with E-state index in [2.05, 4.69) is 20.4 Å². The third-order valence-electron chi connectivity index (χ3n) is 6.62. The van der Waals surface area contributed by atoms with Crippen LogP contribution >= 0.6 is 0 Å². The molecule has 1 aliphatic carbocycles. The van der Waals surface area contributed by atoms with Crippen molar-refractivity contribution in [3.63, 3.8) is 0 Å². The lowest BCUT2D eigenvalue weighted by molar-refractivity contribution is -0.150. The molecule has 8 heteroatoms. The van der Waals surface area contributed by atoms with Gasteiger partial charge in [-0.2, -0.15) is 0 Å². The summed E-state index contributed by atoms with van der Waals surface area (Å²) in [6, 6.07) is 0. The van der Waals surface area contributed by atoms with Crippen molar-refractivity contribution in [2.45, 2.75) is 57.1 Å². The molecule has 3 aliphatic rings. The molecule has 2 aliphatic heterocycles. The van der Waals surface area contributed by atoms with E-state index < -0.39 is 5.60 Å². The lowest BCUT2D eigenvalue weighted by Crippen LogP contribution is -2.61. The summed E-state index contributed by atoms with van der Waals surface area (Å²) < 4.78 is 1.75. The van der Waals surface area contributed by atoms with Gasteiger partial charge in [-0.1, -0.05) is 12.8 Å². The molecule has 0 aromatic carbocycles. The van der Waals surface area contributed by atoms with Gasteiger partial charge in [-0.15, -0.1) is 5.10 Å². The minimum Gasteiger partial charge on any atom is -0.389 e. The molecule has 4 rings (SSSR count). The van der Waals surface area contributed by atoms with Crippen LogP contribution in [-0.4, -0.2) is 79.3 Å². The molecule has 1 saturated carbocycles. The van der Waals surface area contributed by atoms with Crippen LogP contribution in [0.25, 0.3) is 0 Å².